The molecular formula is C22H26F3N5OS. The summed E-state index contributed by atoms with van der Waals surface area (Å²) < 4.78 is 46.8. The van der Waals surface area contributed by atoms with E-state index < -0.39 is 11.9 Å². The van der Waals surface area contributed by atoms with Gasteiger partial charge in [-0.1, -0.05) is 28.6 Å². The highest BCUT2D eigenvalue weighted by molar-refractivity contribution is 7.21. The fourth-order valence-corrected chi connectivity index (χ4v) is 5.45. The minimum Gasteiger partial charge on any atom is -0.377 e. The van der Waals surface area contributed by atoms with Crippen molar-refractivity contribution in [3.63, 3.8) is 0 Å². The Morgan fingerprint density at radius 1 is 1.16 bits per heavy atom. The maximum Gasteiger partial charge on any atom is 0.437 e. The molecule has 3 aromatic rings. The summed E-state index contributed by atoms with van der Waals surface area (Å²) in [6.07, 6.45) is -3.19. The molecule has 10 heteroatoms. The molecule has 32 heavy (non-hydrogen) atoms. The zero-order valence-electron chi connectivity index (χ0n) is 18.6. The van der Waals surface area contributed by atoms with Crippen molar-refractivity contribution in [1.29, 1.82) is 0 Å². The minimum atomic E-state index is -4.63. The van der Waals surface area contributed by atoms with Gasteiger partial charge in [0.1, 0.15) is 5.69 Å². The first-order valence-corrected chi connectivity index (χ1v) is 11.2. The highest BCUT2D eigenvalue weighted by Gasteiger charge is 2.40. The molecule has 0 unspecified atom stereocenters. The van der Waals surface area contributed by atoms with E-state index in [4.69, 9.17) is 4.52 Å². The van der Waals surface area contributed by atoms with Gasteiger partial charge >= 0.3 is 6.18 Å². The lowest BCUT2D eigenvalue weighted by Gasteiger charge is -2.47. The number of alkyl halides is 3. The summed E-state index contributed by atoms with van der Waals surface area (Å²) in [5.74, 6) is 0. The number of halogens is 3. The second-order valence-corrected chi connectivity index (χ2v) is 10.6. The molecule has 0 radical (unpaired) electrons. The van der Waals surface area contributed by atoms with E-state index in [9.17, 15) is 13.2 Å². The molecule has 2 N–H and O–H groups in total. The molecule has 4 rings (SSSR count). The van der Waals surface area contributed by atoms with Crippen LogP contribution in [0.3, 0.4) is 0 Å². The molecule has 1 fully saturated rings. The molecule has 0 atom stereocenters. The lowest BCUT2D eigenvalue weighted by molar-refractivity contribution is -0.144. The number of anilines is 1. The predicted octanol–water partition coefficient (Wildman–Crippen LogP) is 5.57. The third-order valence-corrected chi connectivity index (χ3v) is 6.38. The van der Waals surface area contributed by atoms with Gasteiger partial charge in [-0.25, -0.2) is 4.98 Å². The van der Waals surface area contributed by atoms with Gasteiger partial charge in [0.25, 0.3) is 5.55 Å². The fraction of sp³-hybridized carbons (Fsp3) is 0.500. The quantitative estimate of drug-likeness (QED) is 0.529. The van der Waals surface area contributed by atoms with Crippen molar-refractivity contribution < 1.29 is 17.7 Å². The Balaban J connectivity index is 1.81. The Hall–Kier alpha value is -2.46. The summed E-state index contributed by atoms with van der Waals surface area (Å²) in [5, 5.41) is 10.6. The van der Waals surface area contributed by atoms with E-state index in [1.807, 2.05) is 24.3 Å². The Kier molecular flexibility index (Phi) is 5.57. The van der Waals surface area contributed by atoms with Crippen LogP contribution in [0.1, 0.15) is 51.8 Å². The Labute approximate surface area is 188 Å². The summed E-state index contributed by atoms with van der Waals surface area (Å²) in [4.78, 5) is 8.88. The van der Waals surface area contributed by atoms with Crippen LogP contribution in [0, 0.1) is 6.92 Å². The first kappa shape index (κ1) is 22.7. The van der Waals surface area contributed by atoms with Crippen LogP contribution in [0.25, 0.3) is 10.2 Å². The van der Waals surface area contributed by atoms with E-state index in [1.54, 1.807) is 0 Å². The van der Waals surface area contributed by atoms with Crippen molar-refractivity contribution in [3.05, 3.63) is 41.1 Å². The molecule has 0 aliphatic carbocycles. The van der Waals surface area contributed by atoms with Crippen molar-refractivity contribution in [2.75, 3.05) is 5.32 Å². The Morgan fingerprint density at radius 3 is 2.44 bits per heavy atom. The van der Waals surface area contributed by atoms with Gasteiger partial charge < -0.3 is 15.2 Å². The van der Waals surface area contributed by atoms with Gasteiger partial charge in [-0.3, -0.25) is 0 Å². The average molecular weight is 466 g/mol. The number of nitrogens with one attached hydrogen (secondary N) is 2. The molecule has 6 nitrogen and oxygen atoms in total. The first-order valence-electron chi connectivity index (χ1n) is 10.4. The highest BCUT2D eigenvalue weighted by Crippen LogP contribution is 2.35. The number of piperidine rings is 1. The monoisotopic (exact) mass is 465 g/mol. The third-order valence-electron chi connectivity index (χ3n) is 5.45. The molecule has 1 saturated heterocycles. The highest BCUT2D eigenvalue weighted by atomic mass is 32.1. The van der Waals surface area contributed by atoms with Crippen LogP contribution in [-0.2, 0) is 6.18 Å². The summed E-state index contributed by atoms with van der Waals surface area (Å²) in [5.41, 5.74) is -0.518. The molecular weight excluding hydrogens is 439 g/mol. The molecule has 2 aromatic heterocycles. The van der Waals surface area contributed by atoms with Gasteiger partial charge in [0.15, 0.2) is 5.69 Å². The van der Waals surface area contributed by atoms with Gasteiger partial charge in [0.2, 0.25) is 5.13 Å². The van der Waals surface area contributed by atoms with Crippen LogP contribution in [-0.4, -0.2) is 27.3 Å². The van der Waals surface area contributed by atoms with E-state index in [-0.39, 0.29) is 33.9 Å². The summed E-state index contributed by atoms with van der Waals surface area (Å²) in [7, 11) is 0. The zero-order chi connectivity index (χ0) is 23.3. The van der Waals surface area contributed by atoms with Crippen LogP contribution in [0.2, 0.25) is 0 Å². The smallest absolute Gasteiger partial charge is 0.377 e. The number of benzene rings is 1. The third kappa shape index (κ3) is 4.80. The number of rotatable bonds is 3. The van der Waals surface area contributed by atoms with Crippen LogP contribution in [0.15, 0.2) is 33.8 Å². The van der Waals surface area contributed by atoms with E-state index >= 15 is 0 Å². The topological polar surface area (TPSA) is 75.3 Å². The van der Waals surface area contributed by atoms with Gasteiger partial charge in [0.05, 0.1) is 10.2 Å². The number of hydrogen-bond acceptors (Lipinski definition) is 7. The summed E-state index contributed by atoms with van der Waals surface area (Å²) in [6.45, 7) is 9.72. The van der Waals surface area contributed by atoms with Gasteiger partial charge in [0, 0.05) is 22.7 Å². The number of nitrogens with zero attached hydrogens (tertiary/aromatic N) is 3. The molecule has 172 valence electrons. The molecule has 0 spiro atoms. The normalized spacial score (nSPS) is 19.4. The zero-order valence-corrected chi connectivity index (χ0v) is 19.4. The number of thiazole rings is 1. The van der Waals surface area contributed by atoms with Crippen LogP contribution in [0.4, 0.5) is 24.0 Å². The number of hydrogen-bond donors (Lipinski definition) is 2. The fourth-order valence-electron chi connectivity index (χ4n) is 4.62. The average Bonchev–Trinajstić information content (AvgIpc) is 3.03. The van der Waals surface area contributed by atoms with Crippen molar-refractivity contribution >= 4 is 32.4 Å². The standard InChI is InChI=1S/C22H26F3N5OS/c1-12-16(26-13-10-20(2,3)30-21(4,5)11-13)18(31-29-17(12)22(23,24)25)28-19-27-14-8-6-7-9-15(14)32-19/h6-9,13,26,30H,10-11H2,1-5H3/b28-18-. The van der Waals surface area contributed by atoms with Crippen LogP contribution < -0.4 is 16.2 Å². The number of fused-ring (bicyclic) bond motifs is 1. The van der Waals surface area contributed by atoms with Crippen LogP contribution >= 0.6 is 11.3 Å². The first-order chi connectivity index (χ1) is 14.8. The molecule has 0 amide bonds. The van der Waals surface area contributed by atoms with Crippen LogP contribution in [0.5, 0.6) is 0 Å². The van der Waals surface area contributed by atoms with E-state index in [0.717, 1.165) is 23.1 Å². The molecule has 3 heterocycles. The lowest BCUT2D eigenvalue weighted by Crippen LogP contribution is -2.60. The number of aromatic nitrogens is 2. The minimum absolute atomic E-state index is 0.0105. The maximum absolute atomic E-state index is 13.6. The van der Waals surface area contributed by atoms with E-state index in [0.29, 0.717) is 5.13 Å². The van der Waals surface area contributed by atoms with Gasteiger partial charge in [-0.05, 0) is 59.6 Å². The molecule has 0 saturated carbocycles. The molecule has 1 aliphatic heterocycles. The van der Waals surface area contributed by atoms with Gasteiger partial charge in [-0.15, -0.1) is 0 Å². The van der Waals surface area contributed by atoms with Crippen molar-refractivity contribution in [3.8, 4) is 0 Å². The maximum atomic E-state index is 13.6. The second kappa shape index (κ2) is 7.84. The van der Waals surface area contributed by atoms with E-state index in [2.05, 4.69) is 53.5 Å². The molecule has 1 aromatic carbocycles. The number of para-hydroxylation sites is 1. The summed E-state index contributed by atoms with van der Waals surface area (Å²) >= 11 is 1.34. The largest absolute Gasteiger partial charge is 0.437 e. The molecule has 0 bridgehead atoms. The van der Waals surface area contributed by atoms with E-state index in [1.165, 1.54) is 18.3 Å². The Morgan fingerprint density at radius 2 is 1.81 bits per heavy atom. The van der Waals surface area contributed by atoms with Crippen molar-refractivity contribution in [1.82, 2.24) is 15.5 Å². The summed E-state index contributed by atoms with van der Waals surface area (Å²) in [6, 6.07) is 7.46. The lowest BCUT2D eigenvalue weighted by atomic mass is 9.79. The molecule has 1 aliphatic rings. The second-order valence-electron chi connectivity index (χ2n) is 9.55. The predicted molar refractivity (Wildman–Crippen MR) is 119 cm³/mol. The van der Waals surface area contributed by atoms with Crippen molar-refractivity contribution in [2.24, 2.45) is 4.99 Å². The Bertz CT molecular complexity index is 1160. The van der Waals surface area contributed by atoms with Gasteiger partial charge in [-0.2, -0.15) is 18.2 Å². The SMILES string of the molecule is Cc1c(C(F)(F)F)no/c(=N\c2nc3ccccc3s2)c1NC1CC(C)(C)NC(C)(C)C1. The van der Waals surface area contributed by atoms with Crippen molar-refractivity contribution in [2.45, 2.75) is 70.8 Å².